The van der Waals surface area contributed by atoms with Crippen molar-refractivity contribution in [2.24, 2.45) is 0 Å². The summed E-state index contributed by atoms with van der Waals surface area (Å²) < 4.78 is 15.9. The minimum absolute atomic E-state index is 0.0633. The van der Waals surface area contributed by atoms with Gasteiger partial charge >= 0.3 is 5.97 Å². The first-order valence-corrected chi connectivity index (χ1v) is 8.14. The van der Waals surface area contributed by atoms with Crippen molar-refractivity contribution in [2.75, 3.05) is 0 Å². The number of carbonyl (C=O) groups is 1. The lowest BCUT2D eigenvalue weighted by atomic mass is 10.2. The van der Waals surface area contributed by atoms with Crippen LogP contribution in [0, 0.1) is 0 Å². The number of fused-ring (bicyclic) bond motifs is 1. The summed E-state index contributed by atoms with van der Waals surface area (Å²) >= 11 is 0. The minimum atomic E-state index is -0.355. The molecule has 0 aliphatic carbocycles. The summed E-state index contributed by atoms with van der Waals surface area (Å²) in [5.41, 5.74) is 1.54. The maximum atomic E-state index is 11.9. The number of ether oxygens (including phenoxy) is 1. The average molecular weight is 349 g/mol. The summed E-state index contributed by atoms with van der Waals surface area (Å²) in [6, 6.07) is 13.3. The van der Waals surface area contributed by atoms with Gasteiger partial charge in [-0.3, -0.25) is 9.78 Å². The standard InChI is InChI=1S/C19H15N3O4/c23-18(8-7-15-10-13-4-1-2-6-16(13)25-15)24-12-17-21-19(22-26-17)14-5-3-9-20-11-14/h1-6,9-11H,7-8,12H2. The second-order valence-electron chi connectivity index (χ2n) is 5.66. The summed E-state index contributed by atoms with van der Waals surface area (Å²) in [6.07, 6.45) is 3.98. The lowest BCUT2D eigenvalue weighted by Crippen LogP contribution is -2.05. The van der Waals surface area contributed by atoms with E-state index in [9.17, 15) is 4.79 Å². The third-order valence-corrected chi connectivity index (χ3v) is 3.80. The first-order chi connectivity index (χ1) is 12.8. The topological polar surface area (TPSA) is 91.2 Å². The SMILES string of the molecule is O=C(CCc1cc2ccccc2o1)OCc1nc(-c2cccnc2)no1. The first-order valence-electron chi connectivity index (χ1n) is 8.14. The molecule has 7 heteroatoms. The van der Waals surface area contributed by atoms with Gasteiger partial charge in [0.15, 0.2) is 6.61 Å². The summed E-state index contributed by atoms with van der Waals surface area (Å²) in [4.78, 5) is 20.1. The quantitative estimate of drug-likeness (QED) is 0.492. The van der Waals surface area contributed by atoms with E-state index in [0.29, 0.717) is 12.2 Å². The van der Waals surface area contributed by atoms with Crippen LogP contribution < -0.4 is 0 Å². The maximum Gasteiger partial charge on any atom is 0.306 e. The molecule has 4 aromatic rings. The van der Waals surface area contributed by atoms with Gasteiger partial charge in [0.25, 0.3) is 5.89 Å². The van der Waals surface area contributed by atoms with E-state index in [2.05, 4.69) is 15.1 Å². The lowest BCUT2D eigenvalue weighted by molar-refractivity contribution is -0.145. The highest BCUT2D eigenvalue weighted by atomic mass is 16.6. The molecule has 3 aromatic heterocycles. The molecule has 0 unspecified atom stereocenters. The maximum absolute atomic E-state index is 11.9. The van der Waals surface area contributed by atoms with Crippen molar-refractivity contribution in [1.82, 2.24) is 15.1 Å². The number of esters is 1. The Morgan fingerprint density at radius 3 is 2.92 bits per heavy atom. The summed E-state index contributed by atoms with van der Waals surface area (Å²) in [5, 5.41) is 4.87. The second kappa shape index (κ2) is 7.18. The highest BCUT2D eigenvalue weighted by Crippen LogP contribution is 2.20. The molecular formula is C19H15N3O4. The van der Waals surface area contributed by atoms with Crippen LogP contribution in [0.4, 0.5) is 0 Å². The normalized spacial score (nSPS) is 10.9. The molecule has 0 aliphatic heterocycles. The number of rotatable bonds is 6. The molecule has 0 N–H and O–H groups in total. The van der Waals surface area contributed by atoms with Crippen LogP contribution in [0.2, 0.25) is 0 Å². The molecule has 3 heterocycles. The molecule has 0 radical (unpaired) electrons. The number of aryl methyl sites for hydroxylation is 1. The van der Waals surface area contributed by atoms with Crippen LogP contribution in [0.5, 0.6) is 0 Å². The molecule has 0 saturated carbocycles. The number of aromatic nitrogens is 3. The van der Waals surface area contributed by atoms with Crippen LogP contribution in [-0.2, 0) is 22.6 Å². The van der Waals surface area contributed by atoms with Gasteiger partial charge in [0, 0.05) is 29.8 Å². The van der Waals surface area contributed by atoms with Crippen LogP contribution in [0.15, 0.2) is 63.8 Å². The average Bonchev–Trinajstić information content (AvgIpc) is 3.32. The predicted molar refractivity (Wildman–Crippen MR) is 91.9 cm³/mol. The first kappa shape index (κ1) is 16.0. The summed E-state index contributed by atoms with van der Waals surface area (Å²) in [6.45, 7) is -0.0633. The molecule has 4 rings (SSSR count). The zero-order valence-electron chi connectivity index (χ0n) is 13.8. The lowest BCUT2D eigenvalue weighted by Gasteiger charge is -2.00. The van der Waals surface area contributed by atoms with Crippen molar-refractivity contribution in [3.63, 3.8) is 0 Å². The van der Waals surface area contributed by atoms with Crippen molar-refractivity contribution in [1.29, 1.82) is 0 Å². The van der Waals surface area contributed by atoms with Crippen molar-refractivity contribution in [2.45, 2.75) is 19.4 Å². The molecule has 0 amide bonds. The van der Waals surface area contributed by atoms with Crippen molar-refractivity contribution in [3.05, 3.63) is 66.5 Å². The largest absolute Gasteiger partial charge is 0.461 e. The van der Waals surface area contributed by atoms with E-state index in [1.807, 2.05) is 36.4 Å². The van der Waals surface area contributed by atoms with E-state index in [-0.39, 0.29) is 24.9 Å². The Balaban J connectivity index is 1.29. The van der Waals surface area contributed by atoms with Crippen molar-refractivity contribution >= 4 is 16.9 Å². The van der Waals surface area contributed by atoms with Gasteiger partial charge < -0.3 is 13.7 Å². The Hall–Kier alpha value is -3.48. The van der Waals surface area contributed by atoms with Crippen LogP contribution >= 0.6 is 0 Å². The fourth-order valence-corrected chi connectivity index (χ4v) is 2.53. The number of furan rings is 1. The molecule has 0 bridgehead atoms. The van der Waals surface area contributed by atoms with E-state index in [0.717, 1.165) is 22.3 Å². The molecule has 0 aliphatic rings. The highest BCUT2D eigenvalue weighted by molar-refractivity contribution is 5.78. The Morgan fingerprint density at radius 1 is 1.15 bits per heavy atom. The van der Waals surface area contributed by atoms with Crippen molar-refractivity contribution in [3.8, 4) is 11.4 Å². The summed E-state index contributed by atoms with van der Waals surface area (Å²) in [7, 11) is 0. The van der Waals surface area contributed by atoms with E-state index < -0.39 is 0 Å². The second-order valence-corrected chi connectivity index (χ2v) is 5.66. The third-order valence-electron chi connectivity index (χ3n) is 3.80. The zero-order valence-corrected chi connectivity index (χ0v) is 13.8. The fourth-order valence-electron chi connectivity index (χ4n) is 2.53. The Labute approximate surface area is 148 Å². The van der Waals surface area contributed by atoms with Gasteiger partial charge in [0.05, 0.1) is 6.42 Å². The van der Waals surface area contributed by atoms with Crippen LogP contribution in [0.25, 0.3) is 22.4 Å². The molecule has 0 saturated heterocycles. The molecule has 130 valence electrons. The van der Waals surface area contributed by atoms with Crippen LogP contribution in [0.3, 0.4) is 0 Å². The van der Waals surface area contributed by atoms with Gasteiger partial charge in [-0.1, -0.05) is 23.4 Å². The van der Waals surface area contributed by atoms with E-state index in [4.69, 9.17) is 13.7 Å². The Kier molecular flexibility index (Phi) is 4.42. The van der Waals surface area contributed by atoms with E-state index >= 15 is 0 Å². The number of carbonyl (C=O) groups excluding carboxylic acids is 1. The van der Waals surface area contributed by atoms with Gasteiger partial charge in [-0.25, -0.2) is 0 Å². The molecule has 0 fully saturated rings. The summed E-state index contributed by atoms with van der Waals surface area (Å²) in [5.74, 6) is 1.04. The molecule has 1 aromatic carbocycles. The minimum Gasteiger partial charge on any atom is -0.461 e. The third kappa shape index (κ3) is 3.61. The zero-order chi connectivity index (χ0) is 17.8. The monoisotopic (exact) mass is 349 g/mol. The number of hydrogen-bond donors (Lipinski definition) is 0. The highest BCUT2D eigenvalue weighted by Gasteiger charge is 2.12. The number of nitrogens with zero attached hydrogens (tertiary/aromatic N) is 3. The van der Waals surface area contributed by atoms with Crippen LogP contribution in [-0.4, -0.2) is 21.1 Å². The predicted octanol–water partition coefficient (Wildman–Crippen LogP) is 3.55. The molecule has 0 spiro atoms. The smallest absolute Gasteiger partial charge is 0.306 e. The molecule has 0 atom stereocenters. The van der Waals surface area contributed by atoms with Gasteiger partial charge in [-0.15, -0.1) is 0 Å². The van der Waals surface area contributed by atoms with Gasteiger partial charge in [0.2, 0.25) is 5.82 Å². The van der Waals surface area contributed by atoms with Gasteiger partial charge in [0.1, 0.15) is 11.3 Å². The fraction of sp³-hybridized carbons (Fsp3) is 0.158. The number of pyridine rings is 1. The van der Waals surface area contributed by atoms with Crippen LogP contribution in [0.1, 0.15) is 18.1 Å². The molecular weight excluding hydrogens is 334 g/mol. The molecule has 26 heavy (non-hydrogen) atoms. The number of benzene rings is 1. The van der Waals surface area contributed by atoms with Crippen molar-refractivity contribution < 1.29 is 18.5 Å². The van der Waals surface area contributed by atoms with E-state index in [1.54, 1.807) is 18.5 Å². The van der Waals surface area contributed by atoms with E-state index in [1.165, 1.54) is 0 Å². The number of hydrogen-bond acceptors (Lipinski definition) is 7. The Bertz CT molecular complexity index is 990. The number of para-hydroxylation sites is 1. The van der Waals surface area contributed by atoms with Gasteiger partial charge in [-0.2, -0.15) is 4.98 Å². The Morgan fingerprint density at radius 2 is 2.08 bits per heavy atom. The molecule has 7 nitrogen and oxygen atoms in total. The van der Waals surface area contributed by atoms with Gasteiger partial charge in [-0.05, 0) is 24.3 Å².